The third-order valence-electron chi connectivity index (χ3n) is 3.51. The normalized spacial score (nSPS) is 10.5. The number of nitrogens with zero attached hydrogens (tertiary/aromatic N) is 3. The smallest absolute Gasteiger partial charge is 0.356 e. The van der Waals surface area contributed by atoms with E-state index in [1.165, 1.54) is 24.5 Å². The molecule has 140 valence electrons. The minimum atomic E-state index is -0.573. The van der Waals surface area contributed by atoms with Gasteiger partial charge in [-0.3, -0.25) is 9.89 Å². The number of carbonyl (C=O) groups is 2. The van der Waals surface area contributed by atoms with Gasteiger partial charge in [-0.05, 0) is 13.0 Å². The van der Waals surface area contributed by atoms with E-state index in [4.69, 9.17) is 4.74 Å². The monoisotopic (exact) mass is 386 g/mol. The molecule has 3 rings (SSSR count). The summed E-state index contributed by atoms with van der Waals surface area (Å²) in [5.74, 6) is 0.653. The van der Waals surface area contributed by atoms with E-state index in [-0.39, 0.29) is 11.6 Å². The molecule has 0 aliphatic rings. The number of aromatic amines is 1. The number of hydrogen-bond acceptors (Lipinski definition) is 8. The Morgan fingerprint density at radius 1 is 1.22 bits per heavy atom. The highest BCUT2D eigenvalue weighted by Crippen LogP contribution is 2.29. The second-order valence-electron chi connectivity index (χ2n) is 5.62. The predicted octanol–water partition coefficient (Wildman–Crippen LogP) is 3.12. The van der Waals surface area contributed by atoms with Crippen molar-refractivity contribution in [1.29, 1.82) is 0 Å². The first-order chi connectivity index (χ1) is 13.0. The minimum absolute atomic E-state index is 0.0835. The minimum Gasteiger partial charge on any atom is -0.464 e. The number of aryl methyl sites for hydroxylation is 1. The Kier molecular flexibility index (Phi) is 5.46. The van der Waals surface area contributed by atoms with Crippen LogP contribution in [0.4, 0.5) is 17.3 Å². The molecule has 27 heavy (non-hydrogen) atoms. The summed E-state index contributed by atoms with van der Waals surface area (Å²) in [7, 11) is 1.29. The first-order valence-corrected chi connectivity index (χ1v) is 9.01. The number of thiophene rings is 1. The van der Waals surface area contributed by atoms with Crippen molar-refractivity contribution in [3.63, 3.8) is 0 Å². The summed E-state index contributed by atoms with van der Waals surface area (Å²) in [5.41, 5.74) is 1.66. The van der Waals surface area contributed by atoms with E-state index in [1.54, 1.807) is 18.4 Å². The van der Waals surface area contributed by atoms with Crippen molar-refractivity contribution in [2.75, 3.05) is 17.7 Å². The molecule has 1 amide bonds. The van der Waals surface area contributed by atoms with E-state index in [1.807, 2.05) is 13.0 Å². The van der Waals surface area contributed by atoms with Gasteiger partial charge in [-0.25, -0.2) is 14.8 Å². The van der Waals surface area contributed by atoms with Crippen molar-refractivity contribution in [2.45, 2.75) is 20.3 Å². The Hall–Kier alpha value is -3.27. The molecular weight excluding hydrogens is 368 g/mol. The van der Waals surface area contributed by atoms with E-state index in [2.05, 4.69) is 30.8 Å². The zero-order chi connectivity index (χ0) is 19.4. The zero-order valence-corrected chi connectivity index (χ0v) is 15.8. The van der Waals surface area contributed by atoms with Gasteiger partial charge in [-0.1, -0.05) is 6.92 Å². The third kappa shape index (κ3) is 4.47. The molecule has 0 fully saturated rings. The number of aromatic nitrogens is 4. The van der Waals surface area contributed by atoms with Crippen molar-refractivity contribution < 1.29 is 14.3 Å². The summed E-state index contributed by atoms with van der Waals surface area (Å²) >= 11 is 1.36. The molecular formula is C17H18N6O3S. The molecule has 3 aromatic rings. The molecule has 3 aromatic heterocycles. The van der Waals surface area contributed by atoms with Gasteiger partial charge in [-0.2, -0.15) is 5.10 Å². The van der Waals surface area contributed by atoms with Crippen LogP contribution in [-0.4, -0.2) is 39.2 Å². The zero-order valence-electron chi connectivity index (χ0n) is 15.0. The maximum atomic E-state index is 12.0. The van der Waals surface area contributed by atoms with E-state index < -0.39 is 5.97 Å². The Morgan fingerprint density at radius 3 is 2.70 bits per heavy atom. The summed E-state index contributed by atoms with van der Waals surface area (Å²) in [6.07, 6.45) is 0.386. The van der Waals surface area contributed by atoms with Crippen LogP contribution in [0.5, 0.6) is 0 Å². The standard InChI is InChI=1S/C17H18N6O3S/c1-4-15(24)18-10-6-12(27-8-10)16-19-11(17(25)26-3)7-13(21-16)20-14-5-9(2)22-23-14/h5-8H,4H2,1-3H3,(H,18,24)(H2,19,20,21,22,23). The Labute approximate surface area is 159 Å². The lowest BCUT2D eigenvalue weighted by molar-refractivity contribution is -0.115. The lowest BCUT2D eigenvalue weighted by Gasteiger charge is -2.07. The SMILES string of the molecule is CCC(=O)Nc1csc(-c2nc(Nc3cc(C)[nH]n3)cc(C(=O)OC)n2)c1. The van der Waals surface area contributed by atoms with Gasteiger partial charge in [0.05, 0.1) is 17.7 Å². The molecule has 0 aliphatic carbocycles. The Bertz CT molecular complexity index is 981. The largest absolute Gasteiger partial charge is 0.464 e. The first kappa shape index (κ1) is 18.5. The van der Waals surface area contributed by atoms with Crippen LogP contribution >= 0.6 is 11.3 Å². The molecule has 0 bridgehead atoms. The topological polar surface area (TPSA) is 122 Å². The van der Waals surface area contributed by atoms with Crippen LogP contribution in [0.25, 0.3) is 10.7 Å². The Morgan fingerprint density at radius 2 is 2.04 bits per heavy atom. The van der Waals surface area contributed by atoms with Gasteiger partial charge >= 0.3 is 5.97 Å². The fraction of sp³-hybridized carbons (Fsp3) is 0.235. The van der Waals surface area contributed by atoms with Gasteiger partial charge < -0.3 is 15.4 Å². The molecule has 0 radical (unpaired) electrons. The lowest BCUT2D eigenvalue weighted by atomic mass is 10.3. The lowest BCUT2D eigenvalue weighted by Crippen LogP contribution is -2.08. The molecule has 0 atom stereocenters. The fourth-order valence-corrected chi connectivity index (χ4v) is 2.98. The van der Waals surface area contributed by atoms with Crippen molar-refractivity contribution in [3.8, 4) is 10.7 Å². The maximum Gasteiger partial charge on any atom is 0.356 e. The van der Waals surface area contributed by atoms with Gasteiger partial charge in [0.1, 0.15) is 5.82 Å². The fourth-order valence-electron chi connectivity index (χ4n) is 2.21. The molecule has 9 nitrogen and oxygen atoms in total. The van der Waals surface area contributed by atoms with Crippen LogP contribution in [0.1, 0.15) is 29.5 Å². The maximum absolute atomic E-state index is 12.0. The van der Waals surface area contributed by atoms with Crippen LogP contribution in [-0.2, 0) is 9.53 Å². The number of methoxy groups -OCH3 is 1. The quantitative estimate of drug-likeness (QED) is 0.556. The van der Waals surface area contributed by atoms with E-state index in [0.717, 1.165) is 5.69 Å². The summed E-state index contributed by atoms with van der Waals surface area (Å²) < 4.78 is 4.78. The molecule has 3 N–H and O–H groups in total. The number of carbonyl (C=O) groups excluding carboxylic acids is 2. The van der Waals surface area contributed by atoms with Crippen molar-refractivity contribution in [1.82, 2.24) is 20.2 Å². The summed E-state index contributed by atoms with van der Waals surface area (Å²) in [4.78, 5) is 33.0. The van der Waals surface area contributed by atoms with Crippen molar-refractivity contribution >= 4 is 40.5 Å². The third-order valence-corrected chi connectivity index (χ3v) is 4.43. The average molecular weight is 386 g/mol. The highest BCUT2D eigenvalue weighted by atomic mass is 32.1. The second kappa shape index (κ2) is 7.96. The van der Waals surface area contributed by atoms with Crippen LogP contribution in [0.3, 0.4) is 0 Å². The number of amides is 1. The van der Waals surface area contributed by atoms with Crippen LogP contribution in [0, 0.1) is 6.92 Å². The molecule has 0 unspecified atom stereocenters. The van der Waals surface area contributed by atoms with E-state index >= 15 is 0 Å². The molecule has 0 spiro atoms. The molecule has 0 aromatic carbocycles. The highest BCUT2D eigenvalue weighted by Gasteiger charge is 2.16. The summed E-state index contributed by atoms with van der Waals surface area (Å²) in [6.45, 7) is 3.65. The van der Waals surface area contributed by atoms with Gasteiger partial charge in [-0.15, -0.1) is 11.3 Å². The molecule has 3 heterocycles. The highest BCUT2D eigenvalue weighted by molar-refractivity contribution is 7.14. The van der Waals surface area contributed by atoms with Gasteiger partial charge in [0.15, 0.2) is 17.3 Å². The van der Waals surface area contributed by atoms with E-state index in [0.29, 0.717) is 34.4 Å². The number of nitrogens with one attached hydrogen (secondary N) is 3. The summed E-state index contributed by atoms with van der Waals surface area (Å²) in [5, 5.41) is 14.5. The number of H-pyrrole nitrogens is 1. The second-order valence-corrected chi connectivity index (χ2v) is 6.53. The molecule has 0 saturated carbocycles. The first-order valence-electron chi connectivity index (χ1n) is 8.13. The number of rotatable bonds is 6. The molecule has 10 heteroatoms. The Balaban J connectivity index is 1.95. The van der Waals surface area contributed by atoms with Gasteiger partial charge in [0.2, 0.25) is 5.91 Å². The number of ether oxygens (including phenoxy) is 1. The van der Waals surface area contributed by atoms with Gasteiger partial charge in [0.25, 0.3) is 0 Å². The van der Waals surface area contributed by atoms with E-state index in [9.17, 15) is 9.59 Å². The average Bonchev–Trinajstić information content (AvgIpc) is 3.29. The van der Waals surface area contributed by atoms with Crippen LogP contribution in [0.15, 0.2) is 23.6 Å². The van der Waals surface area contributed by atoms with Crippen LogP contribution < -0.4 is 10.6 Å². The van der Waals surface area contributed by atoms with Crippen molar-refractivity contribution in [3.05, 3.63) is 35.0 Å². The van der Waals surface area contributed by atoms with Crippen molar-refractivity contribution in [2.24, 2.45) is 0 Å². The summed E-state index contributed by atoms with van der Waals surface area (Å²) in [6, 6.07) is 5.06. The molecule has 0 aliphatic heterocycles. The number of esters is 1. The molecule has 0 saturated heterocycles. The predicted molar refractivity (Wildman–Crippen MR) is 102 cm³/mol. The van der Waals surface area contributed by atoms with Gasteiger partial charge in [0, 0.05) is 29.6 Å². The number of anilines is 3. The van der Waals surface area contributed by atoms with Crippen LogP contribution in [0.2, 0.25) is 0 Å². The number of hydrogen-bond donors (Lipinski definition) is 3.